The molecule has 96 valence electrons. The number of hydrogen-bond acceptors (Lipinski definition) is 4. The van der Waals surface area contributed by atoms with Crippen molar-refractivity contribution in [2.24, 2.45) is 0 Å². The van der Waals surface area contributed by atoms with Crippen molar-refractivity contribution in [1.29, 1.82) is 0 Å². The molecular formula is C13H15ClN2OS. The van der Waals surface area contributed by atoms with E-state index in [0.717, 1.165) is 27.1 Å². The van der Waals surface area contributed by atoms with Crippen LogP contribution in [-0.4, -0.2) is 11.5 Å². The first-order valence-electron chi connectivity index (χ1n) is 5.79. The summed E-state index contributed by atoms with van der Waals surface area (Å²) < 4.78 is 5.64. The summed E-state index contributed by atoms with van der Waals surface area (Å²) in [5.74, 6) is 0. The molecule has 0 saturated carbocycles. The second-order valence-electron chi connectivity index (χ2n) is 3.75. The Labute approximate surface area is 116 Å². The first-order chi connectivity index (χ1) is 8.79. The number of hydrogen-bond donors (Lipinski definition) is 1. The minimum Gasteiger partial charge on any atom is -0.371 e. The van der Waals surface area contributed by atoms with E-state index in [4.69, 9.17) is 16.3 Å². The molecule has 0 bridgehead atoms. The van der Waals surface area contributed by atoms with Crippen molar-refractivity contribution in [3.05, 3.63) is 45.9 Å². The molecule has 0 atom stereocenters. The molecule has 0 fully saturated rings. The van der Waals surface area contributed by atoms with Crippen LogP contribution < -0.4 is 5.32 Å². The van der Waals surface area contributed by atoms with Gasteiger partial charge in [-0.15, -0.1) is 0 Å². The van der Waals surface area contributed by atoms with Crippen LogP contribution in [0.4, 0.5) is 5.13 Å². The predicted octanol–water partition coefficient (Wildman–Crippen LogP) is 3.95. The van der Waals surface area contributed by atoms with E-state index < -0.39 is 0 Å². The summed E-state index contributed by atoms with van der Waals surface area (Å²) in [6, 6.07) is 7.72. The maximum atomic E-state index is 6.05. The van der Waals surface area contributed by atoms with Crippen LogP contribution in [0.2, 0.25) is 5.02 Å². The Kier molecular flexibility index (Phi) is 4.99. The Bertz CT molecular complexity index is 501. The van der Waals surface area contributed by atoms with Crippen molar-refractivity contribution in [3.63, 3.8) is 0 Å². The van der Waals surface area contributed by atoms with Gasteiger partial charge in [0.1, 0.15) is 0 Å². The SMILES string of the molecule is CCNc1ncc(COCc2ccccc2Cl)s1. The summed E-state index contributed by atoms with van der Waals surface area (Å²) in [5, 5.41) is 4.86. The number of thiazole rings is 1. The van der Waals surface area contributed by atoms with Crippen LogP contribution in [0, 0.1) is 0 Å². The summed E-state index contributed by atoms with van der Waals surface area (Å²) in [4.78, 5) is 5.36. The van der Waals surface area contributed by atoms with Gasteiger partial charge in [0.05, 0.1) is 18.1 Å². The molecule has 18 heavy (non-hydrogen) atoms. The lowest BCUT2D eigenvalue weighted by atomic mass is 10.2. The number of rotatable bonds is 6. The molecule has 0 aliphatic heterocycles. The van der Waals surface area contributed by atoms with Gasteiger partial charge in [-0.1, -0.05) is 41.1 Å². The van der Waals surface area contributed by atoms with Gasteiger partial charge in [0.25, 0.3) is 0 Å². The summed E-state index contributed by atoms with van der Waals surface area (Å²) in [5.41, 5.74) is 1.01. The van der Waals surface area contributed by atoms with Crippen LogP contribution in [0.1, 0.15) is 17.4 Å². The molecule has 0 aliphatic rings. The molecule has 0 aliphatic carbocycles. The molecule has 1 heterocycles. The zero-order chi connectivity index (χ0) is 12.8. The monoisotopic (exact) mass is 282 g/mol. The third-order valence-electron chi connectivity index (χ3n) is 2.34. The van der Waals surface area contributed by atoms with E-state index in [2.05, 4.69) is 17.2 Å². The van der Waals surface area contributed by atoms with Gasteiger partial charge in [-0.2, -0.15) is 0 Å². The van der Waals surface area contributed by atoms with Crippen LogP contribution in [0.15, 0.2) is 30.5 Å². The van der Waals surface area contributed by atoms with E-state index in [1.807, 2.05) is 30.5 Å². The van der Waals surface area contributed by atoms with Crippen LogP contribution in [-0.2, 0) is 18.0 Å². The van der Waals surface area contributed by atoms with Gasteiger partial charge >= 0.3 is 0 Å². The van der Waals surface area contributed by atoms with Crippen molar-refractivity contribution in [2.75, 3.05) is 11.9 Å². The van der Waals surface area contributed by atoms with E-state index in [0.29, 0.717) is 13.2 Å². The summed E-state index contributed by atoms with van der Waals surface area (Å²) in [7, 11) is 0. The maximum absolute atomic E-state index is 6.05. The number of nitrogens with zero attached hydrogens (tertiary/aromatic N) is 1. The van der Waals surface area contributed by atoms with Crippen LogP contribution >= 0.6 is 22.9 Å². The van der Waals surface area contributed by atoms with Crippen molar-refractivity contribution in [1.82, 2.24) is 4.98 Å². The number of nitrogens with one attached hydrogen (secondary N) is 1. The van der Waals surface area contributed by atoms with E-state index >= 15 is 0 Å². The summed E-state index contributed by atoms with van der Waals surface area (Å²) in [6.45, 7) is 4.02. The third kappa shape index (κ3) is 3.70. The van der Waals surface area contributed by atoms with Gasteiger partial charge in [0.2, 0.25) is 0 Å². The molecule has 1 aromatic heterocycles. The van der Waals surface area contributed by atoms with E-state index in [1.165, 1.54) is 0 Å². The van der Waals surface area contributed by atoms with Crippen molar-refractivity contribution < 1.29 is 4.74 Å². The smallest absolute Gasteiger partial charge is 0.182 e. The van der Waals surface area contributed by atoms with Crippen molar-refractivity contribution in [3.8, 4) is 0 Å². The predicted molar refractivity (Wildman–Crippen MR) is 76.2 cm³/mol. The maximum Gasteiger partial charge on any atom is 0.182 e. The van der Waals surface area contributed by atoms with E-state index in [-0.39, 0.29) is 0 Å². The molecule has 0 unspecified atom stereocenters. The molecule has 1 N–H and O–H groups in total. The highest BCUT2D eigenvalue weighted by Gasteiger charge is 2.02. The van der Waals surface area contributed by atoms with Gasteiger partial charge in [0.15, 0.2) is 5.13 Å². The van der Waals surface area contributed by atoms with Crippen LogP contribution in [0.25, 0.3) is 0 Å². The molecular weight excluding hydrogens is 268 g/mol. The normalized spacial score (nSPS) is 10.6. The zero-order valence-corrected chi connectivity index (χ0v) is 11.7. The van der Waals surface area contributed by atoms with Crippen LogP contribution in [0.5, 0.6) is 0 Å². The van der Waals surface area contributed by atoms with Crippen LogP contribution in [0.3, 0.4) is 0 Å². The third-order valence-corrected chi connectivity index (χ3v) is 3.64. The lowest BCUT2D eigenvalue weighted by molar-refractivity contribution is 0.109. The molecule has 2 rings (SSSR count). The standard InChI is InChI=1S/C13H15ClN2OS/c1-2-15-13-16-7-11(18-13)9-17-8-10-5-3-4-6-12(10)14/h3-7H,2,8-9H2,1H3,(H,15,16). The van der Waals surface area contributed by atoms with Gasteiger partial charge < -0.3 is 10.1 Å². The highest BCUT2D eigenvalue weighted by molar-refractivity contribution is 7.15. The quantitative estimate of drug-likeness (QED) is 0.871. The Morgan fingerprint density at radius 1 is 1.33 bits per heavy atom. The highest BCUT2D eigenvalue weighted by atomic mass is 35.5. The number of aromatic nitrogens is 1. The minimum atomic E-state index is 0.522. The largest absolute Gasteiger partial charge is 0.371 e. The molecule has 0 radical (unpaired) electrons. The second-order valence-corrected chi connectivity index (χ2v) is 5.27. The average molecular weight is 283 g/mol. The molecule has 0 spiro atoms. The number of benzene rings is 1. The van der Waals surface area contributed by atoms with Gasteiger partial charge in [-0.3, -0.25) is 0 Å². The minimum absolute atomic E-state index is 0.522. The van der Waals surface area contributed by atoms with E-state index in [9.17, 15) is 0 Å². The summed E-state index contributed by atoms with van der Waals surface area (Å²) in [6.07, 6.45) is 1.84. The lowest BCUT2D eigenvalue weighted by Gasteiger charge is -2.04. The molecule has 0 saturated heterocycles. The summed E-state index contributed by atoms with van der Waals surface area (Å²) >= 11 is 7.67. The van der Waals surface area contributed by atoms with E-state index in [1.54, 1.807) is 11.3 Å². The Morgan fingerprint density at radius 3 is 2.94 bits per heavy atom. The first-order valence-corrected chi connectivity index (χ1v) is 6.98. The highest BCUT2D eigenvalue weighted by Crippen LogP contribution is 2.20. The molecule has 1 aromatic carbocycles. The molecule has 5 heteroatoms. The average Bonchev–Trinajstić information content (AvgIpc) is 2.80. The van der Waals surface area contributed by atoms with Crippen molar-refractivity contribution >= 4 is 28.1 Å². The Hall–Kier alpha value is -1.10. The lowest BCUT2D eigenvalue weighted by Crippen LogP contribution is -1.94. The second kappa shape index (κ2) is 6.73. The fraction of sp³-hybridized carbons (Fsp3) is 0.308. The number of ether oxygens (including phenoxy) is 1. The molecule has 0 amide bonds. The number of halogens is 1. The van der Waals surface area contributed by atoms with Gasteiger partial charge in [0, 0.05) is 17.8 Å². The Balaban J connectivity index is 1.83. The van der Waals surface area contributed by atoms with Crippen molar-refractivity contribution in [2.45, 2.75) is 20.1 Å². The molecule has 2 aromatic rings. The number of anilines is 1. The fourth-order valence-electron chi connectivity index (χ4n) is 1.48. The Morgan fingerprint density at radius 2 is 2.17 bits per heavy atom. The first kappa shape index (κ1) is 13.3. The van der Waals surface area contributed by atoms with Gasteiger partial charge in [-0.05, 0) is 18.6 Å². The molecule has 3 nitrogen and oxygen atoms in total. The topological polar surface area (TPSA) is 34.2 Å². The fourth-order valence-corrected chi connectivity index (χ4v) is 2.49. The zero-order valence-electron chi connectivity index (χ0n) is 10.1. The van der Waals surface area contributed by atoms with Gasteiger partial charge in [-0.25, -0.2) is 4.98 Å².